The predicted molar refractivity (Wildman–Crippen MR) is 244 cm³/mol. The molecule has 9 heteroatoms. The van der Waals surface area contributed by atoms with E-state index >= 15 is 0 Å². The number of hydrogen-bond acceptors (Lipinski definition) is 9. The Morgan fingerprint density at radius 1 is 0.783 bits per heavy atom. The molecule has 2 rings (SSSR count). The average Bonchev–Trinajstić information content (AvgIpc) is 3.33. The summed E-state index contributed by atoms with van der Waals surface area (Å²) < 4.78 is 30.1. The standard InChI is InChI=1S/C51H91NO8/c1-13-51(10)41(7)37-45(50(51,8)9)60-48(55)25-19-24-43(59-47(54)26-20-33-52(11)12)23-16-14-15-17-34-56-46(53)29-30-49-57-35-31-40(6)44(28-27-39(4)5)42(32-36-58-49)22-18-21-38(2)3/h21,27,40-45,49H,13-20,22-26,28-37H2,1-12H3/t40?,41?,42?,43?,44?,45-,49?,51?/m1/s1. The van der Waals surface area contributed by atoms with E-state index in [2.05, 4.69) is 86.3 Å². The lowest BCUT2D eigenvalue weighted by Gasteiger charge is -2.42. The number of allylic oxidation sites excluding steroid dienone is 4. The van der Waals surface area contributed by atoms with Crippen molar-refractivity contribution >= 4 is 17.9 Å². The van der Waals surface area contributed by atoms with Crippen LogP contribution in [0.25, 0.3) is 0 Å². The summed E-state index contributed by atoms with van der Waals surface area (Å²) in [5.74, 6) is 1.69. The first-order valence-corrected chi connectivity index (χ1v) is 24.1. The summed E-state index contributed by atoms with van der Waals surface area (Å²) in [6.07, 6.45) is 19.2. The molecule has 7 unspecified atom stereocenters. The number of esters is 3. The SMILES string of the molecule is CCC1(C)C(C)C[C@@H](OC(=O)CCCC(CCCCCCOC(=O)CCC2OCCC(C)C(CC=C(C)C)C(CCC=C(C)C)CCO2)OC(=O)CCCN(C)C)C1(C)C. The van der Waals surface area contributed by atoms with Crippen LogP contribution in [-0.4, -0.2) is 81.8 Å². The zero-order chi connectivity index (χ0) is 44.7. The fraction of sp³-hybridized carbons (Fsp3) is 0.863. The number of unbranched alkanes of at least 4 members (excludes halogenated alkanes) is 3. The molecule has 348 valence electrons. The summed E-state index contributed by atoms with van der Waals surface area (Å²) >= 11 is 0. The minimum absolute atomic E-state index is 0.0792. The number of nitrogens with zero attached hydrogens (tertiary/aromatic N) is 1. The fourth-order valence-corrected chi connectivity index (χ4v) is 9.52. The van der Waals surface area contributed by atoms with Gasteiger partial charge in [-0.1, -0.05) is 77.7 Å². The van der Waals surface area contributed by atoms with E-state index in [4.69, 9.17) is 23.7 Å². The van der Waals surface area contributed by atoms with Crippen molar-refractivity contribution in [1.29, 1.82) is 0 Å². The molecular formula is C51H91NO8. The second-order valence-electron chi connectivity index (χ2n) is 20.0. The molecule has 2 aliphatic rings. The highest BCUT2D eigenvalue weighted by atomic mass is 16.7. The topological polar surface area (TPSA) is 101 Å². The highest BCUT2D eigenvalue weighted by molar-refractivity contribution is 5.70. The monoisotopic (exact) mass is 846 g/mol. The van der Waals surface area contributed by atoms with E-state index in [0.717, 1.165) is 83.6 Å². The lowest BCUT2D eigenvalue weighted by Crippen LogP contribution is -2.40. The molecule has 0 aromatic carbocycles. The van der Waals surface area contributed by atoms with Gasteiger partial charge in [-0.3, -0.25) is 14.4 Å². The molecular weight excluding hydrogens is 755 g/mol. The van der Waals surface area contributed by atoms with Gasteiger partial charge in [0.1, 0.15) is 12.2 Å². The third kappa shape index (κ3) is 19.9. The van der Waals surface area contributed by atoms with Gasteiger partial charge in [-0.15, -0.1) is 0 Å². The molecule has 1 heterocycles. The molecule has 0 bridgehead atoms. The maximum absolute atomic E-state index is 13.0. The van der Waals surface area contributed by atoms with Crippen molar-refractivity contribution in [2.45, 2.75) is 210 Å². The number of hydrogen-bond donors (Lipinski definition) is 0. The summed E-state index contributed by atoms with van der Waals surface area (Å²) in [4.78, 5) is 40.5. The molecule has 60 heavy (non-hydrogen) atoms. The lowest BCUT2D eigenvalue weighted by molar-refractivity contribution is -0.164. The first-order valence-electron chi connectivity index (χ1n) is 24.1. The van der Waals surface area contributed by atoms with Crippen LogP contribution in [-0.2, 0) is 38.1 Å². The van der Waals surface area contributed by atoms with Crippen LogP contribution in [0.2, 0.25) is 0 Å². The second-order valence-corrected chi connectivity index (χ2v) is 20.0. The van der Waals surface area contributed by atoms with Crippen LogP contribution < -0.4 is 0 Å². The van der Waals surface area contributed by atoms with Gasteiger partial charge in [-0.05, 0) is 161 Å². The molecule has 9 nitrogen and oxygen atoms in total. The minimum atomic E-state index is -0.390. The third-order valence-corrected chi connectivity index (χ3v) is 14.3. The molecule has 1 saturated heterocycles. The summed E-state index contributed by atoms with van der Waals surface area (Å²) in [7, 11) is 4.00. The Labute approximate surface area is 367 Å². The van der Waals surface area contributed by atoms with Gasteiger partial charge in [0.05, 0.1) is 19.6 Å². The molecule has 1 aliphatic carbocycles. The Morgan fingerprint density at radius 2 is 1.43 bits per heavy atom. The number of ether oxygens (including phenoxy) is 5. The Morgan fingerprint density at radius 3 is 2.08 bits per heavy atom. The fourth-order valence-electron chi connectivity index (χ4n) is 9.52. The molecule has 2 fully saturated rings. The van der Waals surface area contributed by atoms with Crippen LogP contribution in [0.3, 0.4) is 0 Å². The molecule has 8 atom stereocenters. The third-order valence-electron chi connectivity index (χ3n) is 14.3. The van der Waals surface area contributed by atoms with Crippen LogP contribution in [0.4, 0.5) is 0 Å². The number of carbonyl (C=O) groups excluding carboxylic acids is 3. The molecule has 0 radical (unpaired) electrons. The molecule has 1 saturated carbocycles. The lowest BCUT2D eigenvalue weighted by atomic mass is 9.64. The van der Waals surface area contributed by atoms with E-state index in [-0.39, 0.29) is 47.4 Å². The minimum Gasteiger partial charge on any atom is -0.466 e. The zero-order valence-electron chi connectivity index (χ0n) is 40.7. The van der Waals surface area contributed by atoms with E-state index in [1.54, 1.807) is 0 Å². The zero-order valence-corrected chi connectivity index (χ0v) is 40.7. The van der Waals surface area contributed by atoms with Crippen molar-refractivity contribution in [2.24, 2.45) is 34.5 Å². The Balaban J connectivity index is 1.76. The van der Waals surface area contributed by atoms with E-state index < -0.39 is 6.29 Å². The van der Waals surface area contributed by atoms with Gasteiger partial charge < -0.3 is 28.6 Å². The van der Waals surface area contributed by atoms with Crippen molar-refractivity contribution < 1.29 is 38.1 Å². The van der Waals surface area contributed by atoms with Crippen molar-refractivity contribution in [1.82, 2.24) is 4.90 Å². The first kappa shape index (κ1) is 53.9. The summed E-state index contributed by atoms with van der Waals surface area (Å²) in [6, 6.07) is 0. The summed E-state index contributed by atoms with van der Waals surface area (Å²) in [5.41, 5.74) is 2.80. The normalized spacial score (nSPS) is 26.2. The predicted octanol–water partition coefficient (Wildman–Crippen LogP) is 12.2. The Kier molecular flexibility index (Phi) is 25.6. The summed E-state index contributed by atoms with van der Waals surface area (Å²) in [6.45, 7) is 24.9. The van der Waals surface area contributed by atoms with Crippen LogP contribution in [0.5, 0.6) is 0 Å². The highest BCUT2D eigenvalue weighted by Gasteiger charge is 2.56. The number of carbonyl (C=O) groups is 3. The molecule has 0 aromatic heterocycles. The smallest absolute Gasteiger partial charge is 0.306 e. The van der Waals surface area contributed by atoms with Gasteiger partial charge in [0.25, 0.3) is 0 Å². The van der Waals surface area contributed by atoms with Crippen LogP contribution >= 0.6 is 0 Å². The average molecular weight is 846 g/mol. The summed E-state index contributed by atoms with van der Waals surface area (Å²) in [5, 5.41) is 0. The van der Waals surface area contributed by atoms with E-state index in [0.29, 0.717) is 75.6 Å². The van der Waals surface area contributed by atoms with Crippen molar-refractivity contribution in [3.63, 3.8) is 0 Å². The van der Waals surface area contributed by atoms with Gasteiger partial charge in [0, 0.05) is 31.3 Å². The molecule has 0 N–H and O–H groups in total. The van der Waals surface area contributed by atoms with Crippen molar-refractivity contribution in [3.05, 3.63) is 23.3 Å². The molecule has 0 amide bonds. The van der Waals surface area contributed by atoms with E-state index in [1.165, 1.54) is 17.6 Å². The van der Waals surface area contributed by atoms with Crippen molar-refractivity contribution in [3.8, 4) is 0 Å². The van der Waals surface area contributed by atoms with Crippen LogP contribution in [0.1, 0.15) is 191 Å². The van der Waals surface area contributed by atoms with Gasteiger partial charge in [-0.2, -0.15) is 0 Å². The Hall–Kier alpha value is -2.23. The van der Waals surface area contributed by atoms with Gasteiger partial charge in [0.2, 0.25) is 0 Å². The van der Waals surface area contributed by atoms with Crippen LogP contribution in [0.15, 0.2) is 23.3 Å². The quantitative estimate of drug-likeness (QED) is 0.0364. The van der Waals surface area contributed by atoms with E-state index in [1.807, 2.05) is 14.1 Å². The van der Waals surface area contributed by atoms with Gasteiger partial charge in [-0.25, -0.2) is 0 Å². The largest absolute Gasteiger partial charge is 0.466 e. The second kappa shape index (κ2) is 28.5. The Bertz CT molecular complexity index is 1300. The first-order chi connectivity index (χ1) is 28.4. The highest BCUT2D eigenvalue weighted by Crippen LogP contribution is 2.58. The number of rotatable bonds is 26. The van der Waals surface area contributed by atoms with Crippen molar-refractivity contribution in [2.75, 3.05) is 40.5 Å². The van der Waals surface area contributed by atoms with Gasteiger partial charge in [0.15, 0.2) is 6.29 Å². The molecule has 1 aliphatic heterocycles. The maximum atomic E-state index is 13.0. The molecule has 0 aromatic rings. The van der Waals surface area contributed by atoms with E-state index in [9.17, 15) is 14.4 Å². The molecule has 0 spiro atoms. The maximum Gasteiger partial charge on any atom is 0.306 e. The van der Waals surface area contributed by atoms with Crippen LogP contribution in [0, 0.1) is 34.5 Å². The van der Waals surface area contributed by atoms with Gasteiger partial charge >= 0.3 is 17.9 Å².